The van der Waals surface area contributed by atoms with Gasteiger partial charge in [0.2, 0.25) is 0 Å². The molecule has 0 aromatic heterocycles. The van der Waals surface area contributed by atoms with E-state index in [1.165, 1.54) is 5.56 Å². The minimum Gasteiger partial charge on any atom is -0.391 e. The predicted molar refractivity (Wildman–Crippen MR) is 61.9 cm³/mol. The number of hydrogen-bond donors (Lipinski definition) is 1. The Balaban J connectivity index is 2.12. The first-order valence-corrected chi connectivity index (χ1v) is 5.53. The second kappa shape index (κ2) is 6.59. The van der Waals surface area contributed by atoms with Crippen LogP contribution in [0.1, 0.15) is 25.8 Å². The smallest absolute Gasteiger partial charge is 0.0803 e. The fourth-order valence-corrected chi connectivity index (χ4v) is 1.33. The third-order valence-electron chi connectivity index (χ3n) is 2.51. The largest absolute Gasteiger partial charge is 0.391 e. The molecule has 0 saturated carbocycles. The summed E-state index contributed by atoms with van der Waals surface area (Å²) in [7, 11) is 0. The first kappa shape index (κ1) is 12.2. The van der Waals surface area contributed by atoms with E-state index >= 15 is 0 Å². The second-order valence-corrected chi connectivity index (χ2v) is 3.91. The third-order valence-corrected chi connectivity index (χ3v) is 2.51. The molecule has 0 amide bonds. The molecule has 15 heavy (non-hydrogen) atoms. The van der Waals surface area contributed by atoms with Crippen molar-refractivity contribution in [1.29, 1.82) is 0 Å². The lowest BCUT2D eigenvalue weighted by molar-refractivity contribution is -0.0187. The van der Waals surface area contributed by atoms with Crippen molar-refractivity contribution in [1.82, 2.24) is 0 Å². The molecule has 2 nitrogen and oxygen atoms in total. The van der Waals surface area contributed by atoms with Crippen molar-refractivity contribution in [3.63, 3.8) is 0 Å². The van der Waals surface area contributed by atoms with E-state index in [0.29, 0.717) is 6.61 Å². The zero-order chi connectivity index (χ0) is 11.1. The summed E-state index contributed by atoms with van der Waals surface area (Å²) in [6.45, 7) is 4.36. The summed E-state index contributed by atoms with van der Waals surface area (Å²) in [6, 6.07) is 10.4. The van der Waals surface area contributed by atoms with Crippen molar-refractivity contribution in [2.75, 3.05) is 6.61 Å². The van der Waals surface area contributed by atoms with Crippen LogP contribution in [0, 0.1) is 0 Å². The van der Waals surface area contributed by atoms with Crippen molar-refractivity contribution in [2.24, 2.45) is 0 Å². The molecule has 0 spiro atoms. The summed E-state index contributed by atoms with van der Waals surface area (Å²) in [5.41, 5.74) is 1.34. The standard InChI is InChI=1S/C13H20O2/c1-11(14)12(2)15-10-6-9-13-7-4-3-5-8-13/h3-5,7-8,11-12,14H,6,9-10H2,1-2H3/t11-,12?/m0/s1. The average molecular weight is 208 g/mol. The van der Waals surface area contributed by atoms with Crippen molar-refractivity contribution in [2.45, 2.75) is 38.9 Å². The van der Waals surface area contributed by atoms with Gasteiger partial charge in [0.25, 0.3) is 0 Å². The molecular weight excluding hydrogens is 188 g/mol. The molecule has 0 radical (unpaired) electrons. The van der Waals surface area contributed by atoms with Crippen LogP contribution >= 0.6 is 0 Å². The summed E-state index contributed by atoms with van der Waals surface area (Å²) in [6.07, 6.45) is 1.58. The quantitative estimate of drug-likeness (QED) is 0.727. The third kappa shape index (κ3) is 4.96. The Bertz CT molecular complexity index is 256. The van der Waals surface area contributed by atoms with Crippen molar-refractivity contribution in [3.8, 4) is 0 Å². The molecule has 0 aliphatic carbocycles. The van der Waals surface area contributed by atoms with Crippen LogP contribution < -0.4 is 0 Å². The highest BCUT2D eigenvalue weighted by Gasteiger charge is 2.07. The molecule has 1 N–H and O–H groups in total. The van der Waals surface area contributed by atoms with Gasteiger partial charge in [-0.2, -0.15) is 0 Å². The number of aryl methyl sites for hydroxylation is 1. The van der Waals surface area contributed by atoms with E-state index in [0.717, 1.165) is 12.8 Å². The van der Waals surface area contributed by atoms with Gasteiger partial charge in [0, 0.05) is 6.61 Å². The van der Waals surface area contributed by atoms with Gasteiger partial charge in [0.15, 0.2) is 0 Å². The van der Waals surface area contributed by atoms with E-state index in [1.807, 2.05) is 13.0 Å². The zero-order valence-corrected chi connectivity index (χ0v) is 9.52. The lowest BCUT2D eigenvalue weighted by Crippen LogP contribution is -2.23. The molecule has 1 aromatic carbocycles. The highest BCUT2D eigenvalue weighted by molar-refractivity contribution is 5.14. The summed E-state index contributed by atoms with van der Waals surface area (Å²) in [4.78, 5) is 0. The minimum absolute atomic E-state index is 0.0687. The van der Waals surface area contributed by atoms with Crippen LogP contribution in [-0.2, 0) is 11.2 Å². The number of aliphatic hydroxyl groups excluding tert-OH is 1. The van der Waals surface area contributed by atoms with Crippen molar-refractivity contribution < 1.29 is 9.84 Å². The van der Waals surface area contributed by atoms with Gasteiger partial charge in [-0.3, -0.25) is 0 Å². The van der Waals surface area contributed by atoms with Gasteiger partial charge >= 0.3 is 0 Å². The van der Waals surface area contributed by atoms with E-state index in [-0.39, 0.29) is 12.2 Å². The number of rotatable bonds is 6. The van der Waals surface area contributed by atoms with E-state index in [9.17, 15) is 5.11 Å². The molecule has 2 heteroatoms. The Morgan fingerprint density at radius 3 is 2.47 bits per heavy atom. The van der Waals surface area contributed by atoms with E-state index in [4.69, 9.17) is 4.74 Å². The second-order valence-electron chi connectivity index (χ2n) is 3.91. The number of hydrogen-bond acceptors (Lipinski definition) is 2. The van der Waals surface area contributed by atoms with Crippen LogP contribution in [0.15, 0.2) is 30.3 Å². The van der Waals surface area contributed by atoms with Gasteiger partial charge < -0.3 is 9.84 Å². The number of benzene rings is 1. The molecular formula is C13H20O2. The summed E-state index contributed by atoms with van der Waals surface area (Å²) >= 11 is 0. The van der Waals surface area contributed by atoms with Gasteiger partial charge in [-0.15, -0.1) is 0 Å². The first-order valence-electron chi connectivity index (χ1n) is 5.53. The number of aliphatic hydroxyl groups is 1. The number of ether oxygens (including phenoxy) is 1. The first-order chi connectivity index (χ1) is 7.20. The highest BCUT2D eigenvalue weighted by Crippen LogP contribution is 2.04. The van der Waals surface area contributed by atoms with Crippen molar-refractivity contribution >= 4 is 0 Å². The zero-order valence-electron chi connectivity index (χ0n) is 9.52. The van der Waals surface area contributed by atoms with Crippen molar-refractivity contribution in [3.05, 3.63) is 35.9 Å². The molecule has 0 saturated heterocycles. The van der Waals surface area contributed by atoms with Gasteiger partial charge in [-0.05, 0) is 32.3 Å². The Morgan fingerprint density at radius 2 is 1.87 bits per heavy atom. The maximum atomic E-state index is 9.21. The molecule has 1 aromatic rings. The molecule has 0 aliphatic heterocycles. The van der Waals surface area contributed by atoms with E-state index in [2.05, 4.69) is 24.3 Å². The van der Waals surface area contributed by atoms with Crippen LogP contribution in [-0.4, -0.2) is 23.9 Å². The maximum absolute atomic E-state index is 9.21. The van der Waals surface area contributed by atoms with Crippen LogP contribution in [0.2, 0.25) is 0 Å². The van der Waals surface area contributed by atoms with Gasteiger partial charge in [0.05, 0.1) is 12.2 Å². The van der Waals surface area contributed by atoms with Gasteiger partial charge in [0.1, 0.15) is 0 Å². The lowest BCUT2D eigenvalue weighted by Gasteiger charge is -2.15. The molecule has 1 rings (SSSR count). The SMILES string of the molecule is CC(OCCCc1ccccc1)[C@H](C)O. The Kier molecular flexibility index (Phi) is 5.37. The predicted octanol–water partition coefficient (Wildman–Crippen LogP) is 2.41. The summed E-state index contributed by atoms with van der Waals surface area (Å²) < 4.78 is 5.48. The van der Waals surface area contributed by atoms with Crippen LogP contribution in [0.3, 0.4) is 0 Å². The summed E-state index contributed by atoms with van der Waals surface area (Å²) in [5, 5.41) is 9.21. The fraction of sp³-hybridized carbons (Fsp3) is 0.538. The fourth-order valence-electron chi connectivity index (χ4n) is 1.33. The minimum atomic E-state index is -0.387. The normalized spacial score (nSPS) is 14.9. The summed E-state index contributed by atoms with van der Waals surface area (Å²) in [5.74, 6) is 0. The molecule has 1 unspecified atom stereocenters. The molecule has 84 valence electrons. The Labute approximate surface area is 91.9 Å². The Morgan fingerprint density at radius 1 is 1.20 bits per heavy atom. The highest BCUT2D eigenvalue weighted by atomic mass is 16.5. The monoisotopic (exact) mass is 208 g/mol. The van der Waals surface area contributed by atoms with Crippen LogP contribution in [0.5, 0.6) is 0 Å². The topological polar surface area (TPSA) is 29.5 Å². The van der Waals surface area contributed by atoms with Crippen LogP contribution in [0.4, 0.5) is 0 Å². The molecule has 2 atom stereocenters. The van der Waals surface area contributed by atoms with Gasteiger partial charge in [-0.1, -0.05) is 30.3 Å². The molecule has 0 aliphatic rings. The molecule has 0 heterocycles. The molecule has 0 fully saturated rings. The van der Waals surface area contributed by atoms with E-state index < -0.39 is 0 Å². The maximum Gasteiger partial charge on any atom is 0.0803 e. The van der Waals surface area contributed by atoms with Crippen LogP contribution in [0.25, 0.3) is 0 Å². The lowest BCUT2D eigenvalue weighted by atomic mass is 10.1. The Hall–Kier alpha value is -0.860. The molecule has 0 bridgehead atoms. The van der Waals surface area contributed by atoms with E-state index in [1.54, 1.807) is 6.92 Å². The average Bonchev–Trinajstić information content (AvgIpc) is 2.25. The van der Waals surface area contributed by atoms with Gasteiger partial charge in [-0.25, -0.2) is 0 Å².